The van der Waals surface area contributed by atoms with Gasteiger partial charge in [0.2, 0.25) is 5.91 Å². The molecule has 0 spiro atoms. The van der Waals surface area contributed by atoms with Crippen LogP contribution in [0, 0.1) is 6.92 Å². The number of benzene rings is 1. The Morgan fingerprint density at radius 2 is 1.84 bits per heavy atom. The third-order valence-electron chi connectivity index (χ3n) is 6.16. The van der Waals surface area contributed by atoms with E-state index < -0.39 is 5.54 Å². The van der Waals surface area contributed by atoms with Crippen molar-refractivity contribution in [2.45, 2.75) is 65.1 Å². The highest BCUT2D eigenvalue weighted by Gasteiger charge is 2.28. The summed E-state index contributed by atoms with van der Waals surface area (Å²) in [5, 5.41) is 2.99. The average molecular weight is 516 g/mol. The van der Waals surface area contributed by atoms with E-state index in [4.69, 9.17) is 18.6 Å². The zero-order valence-electron chi connectivity index (χ0n) is 23.0. The van der Waals surface area contributed by atoms with Gasteiger partial charge in [0.05, 0.1) is 26.9 Å². The third kappa shape index (κ3) is 8.70. The number of ether oxygens (including phenoxy) is 3. The molecular formula is C28H41N3O6. The predicted molar refractivity (Wildman–Crippen MR) is 141 cm³/mol. The summed E-state index contributed by atoms with van der Waals surface area (Å²) in [5.74, 6) is 2.62. The number of carbonyl (C=O) groups excluding carboxylic acids is 2. The van der Waals surface area contributed by atoms with E-state index in [-0.39, 0.29) is 24.6 Å². The Kier molecular flexibility index (Phi) is 9.86. The molecule has 3 rings (SSSR count). The van der Waals surface area contributed by atoms with Gasteiger partial charge in [0.1, 0.15) is 18.1 Å². The molecule has 1 saturated heterocycles. The van der Waals surface area contributed by atoms with Crippen LogP contribution >= 0.6 is 0 Å². The zero-order valence-corrected chi connectivity index (χ0v) is 23.0. The standard InChI is InChI=1S/C28H41N3O6/c1-20-9-11-23(37-20)18-30(14-13-21-10-12-24(34-5)25(16-21)35-6)26(32)19-31(17-22-8-7-15-36-22)27(33)29-28(2,3)4/h9-12,16,22H,7-8,13-15,17-19H2,1-6H3,(H,29,33)/t22-/m1/s1. The van der Waals surface area contributed by atoms with Gasteiger partial charge in [0.25, 0.3) is 0 Å². The second-order valence-corrected chi connectivity index (χ2v) is 10.5. The fraction of sp³-hybridized carbons (Fsp3) is 0.571. The number of amides is 3. The first-order valence-electron chi connectivity index (χ1n) is 12.8. The lowest BCUT2D eigenvalue weighted by molar-refractivity contribution is -0.133. The summed E-state index contributed by atoms with van der Waals surface area (Å²) in [6.07, 6.45) is 2.38. The minimum atomic E-state index is -0.423. The summed E-state index contributed by atoms with van der Waals surface area (Å²) >= 11 is 0. The van der Waals surface area contributed by atoms with E-state index in [1.54, 1.807) is 24.0 Å². The van der Waals surface area contributed by atoms with Gasteiger partial charge in [-0.15, -0.1) is 0 Å². The Hall–Kier alpha value is -3.20. The average Bonchev–Trinajstić information content (AvgIpc) is 3.51. The van der Waals surface area contributed by atoms with E-state index in [2.05, 4.69) is 5.32 Å². The number of aryl methyl sites for hydroxylation is 1. The number of methoxy groups -OCH3 is 2. The number of hydrogen-bond acceptors (Lipinski definition) is 6. The number of furan rings is 1. The fourth-order valence-electron chi connectivity index (χ4n) is 4.27. The van der Waals surface area contributed by atoms with Gasteiger partial charge >= 0.3 is 6.03 Å². The Morgan fingerprint density at radius 1 is 1.08 bits per heavy atom. The smallest absolute Gasteiger partial charge is 0.318 e. The maximum Gasteiger partial charge on any atom is 0.318 e. The quantitative estimate of drug-likeness (QED) is 0.483. The topological polar surface area (TPSA) is 93.5 Å². The van der Waals surface area contributed by atoms with Crippen molar-refractivity contribution in [3.63, 3.8) is 0 Å². The molecule has 1 aliphatic rings. The third-order valence-corrected chi connectivity index (χ3v) is 6.16. The van der Waals surface area contributed by atoms with Crippen LogP contribution in [0.25, 0.3) is 0 Å². The van der Waals surface area contributed by atoms with Gasteiger partial charge in [-0.2, -0.15) is 0 Å². The van der Waals surface area contributed by atoms with Crippen LogP contribution in [0.1, 0.15) is 50.7 Å². The Balaban J connectivity index is 1.76. The number of urea groups is 1. The number of nitrogens with zero attached hydrogens (tertiary/aromatic N) is 2. The van der Waals surface area contributed by atoms with Crippen molar-refractivity contribution in [2.24, 2.45) is 0 Å². The van der Waals surface area contributed by atoms with E-state index in [1.165, 1.54) is 0 Å². The highest BCUT2D eigenvalue weighted by atomic mass is 16.5. The van der Waals surface area contributed by atoms with Gasteiger partial charge in [0, 0.05) is 25.2 Å². The molecule has 2 aromatic rings. The molecule has 0 radical (unpaired) electrons. The largest absolute Gasteiger partial charge is 0.493 e. The van der Waals surface area contributed by atoms with Crippen molar-refractivity contribution in [1.82, 2.24) is 15.1 Å². The normalized spacial score (nSPS) is 15.4. The number of hydrogen-bond donors (Lipinski definition) is 1. The Morgan fingerprint density at radius 3 is 2.43 bits per heavy atom. The molecule has 1 N–H and O–H groups in total. The number of carbonyl (C=O) groups is 2. The van der Waals surface area contributed by atoms with E-state index in [0.29, 0.717) is 49.9 Å². The molecule has 1 aliphatic heterocycles. The summed E-state index contributed by atoms with van der Waals surface area (Å²) < 4.78 is 22.3. The van der Waals surface area contributed by atoms with Crippen LogP contribution in [0.2, 0.25) is 0 Å². The van der Waals surface area contributed by atoms with E-state index in [1.807, 2.05) is 58.0 Å². The molecule has 1 atom stereocenters. The molecular weight excluding hydrogens is 474 g/mol. The molecule has 9 heteroatoms. The summed E-state index contributed by atoms with van der Waals surface area (Å²) in [5.41, 5.74) is 0.584. The van der Waals surface area contributed by atoms with E-state index in [0.717, 1.165) is 24.2 Å². The molecule has 0 bridgehead atoms. The number of rotatable bonds is 11. The molecule has 9 nitrogen and oxygen atoms in total. The van der Waals surface area contributed by atoms with Crippen LogP contribution in [0.5, 0.6) is 11.5 Å². The van der Waals surface area contributed by atoms with Gasteiger partial charge < -0.3 is 33.7 Å². The monoisotopic (exact) mass is 515 g/mol. The second kappa shape index (κ2) is 12.9. The van der Waals surface area contributed by atoms with Crippen LogP contribution in [-0.4, -0.2) is 73.8 Å². The minimum Gasteiger partial charge on any atom is -0.493 e. The van der Waals surface area contributed by atoms with Gasteiger partial charge in [-0.1, -0.05) is 6.07 Å². The highest BCUT2D eigenvalue weighted by Crippen LogP contribution is 2.28. The van der Waals surface area contributed by atoms with Crippen LogP contribution in [0.15, 0.2) is 34.7 Å². The molecule has 0 aliphatic carbocycles. The highest BCUT2D eigenvalue weighted by molar-refractivity contribution is 5.84. The predicted octanol–water partition coefficient (Wildman–Crippen LogP) is 4.17. The first-order valence-corrected chi connectivity index (χ1v) is 12.8. The minimum absolute atomic E-state index is 0.0482. The summed E-state index contributed by atoms with van der Waals surface area (Å²) in [6, 6.07) is 9.22. The summed E-state index contributed by atoms with van der Waals surface area (Å²) in [6.45, 7) is 9.41. The van der Waals surface area contributed by atoms with Gasteiger partial charge in [-0.05, 0) is 76.8 Å². The van der Waals surface area contributed by atoms with Crippen LogP contribution in [0.4, 0.5) is 4.79 Å². The molecule has 2 heterocycles. The van der Waals surface area contributed by atoms with Crippen LogP contribution in [0.3, 0.4) is 0 Å². The van der Waals surface area contributed by atoms with E-state index in [9.17, 15) is 9.59 Å². The maximum absolute atomic E-state index is 13.6. The summed E-state index contributed by atoms with van der Waals surface area (Å²) in [4.78, 5) is 30.1. The van der Waals surface area contributed by atoms with Crippen molar-refractivity contribution in [3.8, 4) is 11.5 Å². The molecule has 3 amide bonds. The molecule has 0 unspecified atom stereocenters. The van der Waals surface area contributed by atoms with Crippen LogP contribution < -0.4 is 14.8 Å². The molecule has 1 fully saturated rings. The molecule has 1 aromatic heterocycles. The first-order chi connectivity index (χ1) is 17.6. The SMILES string of the molecule is COc1ccc(CCN(Cc2ccc(C)o2)C(=O)CN(C[C@H]2CCCO2)C(=O)NC(C)(C)C)cc1OC. The van der Waals surface area contributed by atoms with E-state index >= 15 is 0 Å². The zero-order chi connectivity index (χ0) is 27.0. The molecule has 1 aromatic carbocycles. The Labute approximate surface area is 220 Å². The van der Waals surface area contributed by atoms with Crippen LogP contribution in [-0.2, 0) is 22.5 Å². The summed E-state index contributed by atoms with van der Waals surface area (Å²) in [7, 11) is 3.20. The second-order valence-electron chi connectivity index (χ2n) is 10.5. The lowest BCUT2D eigenvalue weighted by Gasteiger charge is -2.31. The van der Waals surface area contributed by atoms with Crippen molar-refractivity contribution in [3.05, 3.63) is 47.4 Å². The maximum atomic E-state index is 13.6. The van der Waals surface area contributed by atoms with Crippen molar-refractivity contribution >= 4 is 11.9 Å². The van der Waals surface area contributed by atoms with Gasteiger partial charge in [0.15, 0.2) is 11.5 Å². The number of nitrogens with one attached hydrogen (secondary N) is 1. The lowest BCUT2D eigenvalue weighted by Crippen LogP contribution is -2.53. The molecule has 204 valence electrons. The van der Waals surface area contributed by atoms with Gasteiger partial charge in [-0.3, -0.25) is 4.79 Å². The fourth-order valence-corrected chi connectivity index (χ4v) is 4.27. The lowest BCUT2D eigenvalue weighted by atomic mass is 10.1. The van der Waals surface area contributed by atoms with Crippen molar-refractivity contribution in [1.29, 1.82) is 0 Å². The first kappa shape index (κ1) is 28.4. The van der Waals surface area contributed by atoms with Crippen molar-refractivity contribution < 1.29 is 28.2 Å². The molecule has 0 saturated carbocycles. The van der Waals surface area contributed by atoms with Gasteiger partial charge in [-0.25, -0.2) is 4.79 Å². The molecule has 37 heavy (non-hydrogen) atoms. The Bertz CT molecular complexity index is 1040. The van der Waals surface area contributed by atoms with Crippen molar-refractivity contribution in [2.75, 3.05) is 40.5 Å².